The van der Waals surface area contributed by atoms with Crippen LogP contribution < -0.4 is 4.90 Å². The highest BCUT2D eigenvalue weighted by Crippen LogP contribution is 2.17. The molecule has 0 saturated carbocycles. The molecule has 0 aliphatic heterocycles. The lowest BCUT2D eigenvalue weighted by Crippen LogP contribution is -2.19. The lowest BCUT2D eigenvalue weighted by molar-refractivity contribution is 0.196. The van der Waals surface area contributed by atoms with Gasteiger partial charge in [0.1, 0.15) is 0 Å². The Balaban J connectivity index is 2.66. The van der Waals surface area contributed by atoms with Gasteiger partial charge in [-0.15, -0.1) is 0 Å². The van der Waals surface area contributed by atoms with Crippen LogP contribution in [0.2, 0.25) is 0 Å². The van der Waals surface area contributed by atoms with Gasteiger partial charge in [-0.25, -0.2) is 0 Å². The quantitative estimate of drug-likeness (QED) is 0.712. The average Bonchev–Trinajstić information content (AvgIpc) is 2.29. The lowest BCUT2D eigenvalue weighted by atomic mass is 10.1. The third-order valence-corrected chi connectivity index (χ3v) is 2.61. The Morgan fingerprint density at radius 3 is 2.75 bits per heavy atom. The van der Waals surface area contributed by atoms with Crippen LogP contribution in [-0.4, -0.2) is 27.3 Å². The van der Waals surface area contributed by atoms with Crippen molar-refractivity contribution in [1.82, 2.24) is 0 Å². The summed E-state index contributed by atoms with van der Waals surface area (Å²) in [5.74, 6) is 0. The molecule has 16 heavy (non-hydrogen) atoms. The molecule has 1 rings (SSSR count). The van der Waals surface area contributed by atoms with Crippen LogP contribution in [-0.2, 0) is 4.74 Å². The first-order valence-corrected chi connectivity index (χ1v) is 5.40. The second-order valence-corrected chi connectivity index (χ2v) is 3.88. The van der Waals surface area contributed by atoms with Gasteiger partial charge in [0.15, 0.2) is 0 Å². The topological polar surface area (TPSA) is 36.3 Å². The molecular formula is C13H18N2O. The van der Waals surface area contributed by atoms with E-state index in [9.17, 15) is 0 Å². The van der Waals surface area contributed by atoms with Crippen molar-refractivity contribution >= 4 is 5.69 Å². The van der Waals surface area contributed by atoms with E-state index < -0.39 is 0 Å². The van der Waals surface area contributed by atoms with Crippen molar-refractivity contribution in [1.29, 1.82) is 5.26 Å². The second kappa shape index (κ2) is 6.14. The van der Waals surface area contributed by atoms with E-state index in [0.717, 1.165) is 36.4 Å². The summed E-state index contributed by atoms with van der Waals surface area (Å²) >= 11 is 0. The number of rotatable bonds is 5. The minimum atomic E-state index is 0.744. The van der Waals surface area contributed by atoms with E-state index in [1.807, 2.05) is 25.1 Å². The van der Waals surface area contributed by atoms with Gasteiger partial charge in [0, 0.05) is 33.0 Å². The summed E-state index contributed by atoms with van der Waals surface area (Å²) in [5.41, 5.74) is 2.92. The van der Waals surface area contributed by atoms with Gasteiger partial charge in [-0.3, -0.25) is 0 Å². The van der Waals surface area contributed by atoms with E-state index in [0.29, 0.717) is 0 Å². The van der Waals surface area contributed by atoms with Gasteiger partial charge < -0.3 is 9.64 Å². The van der Waals surface area contributed by atoms with E-state index in [4.69, 9.17) is 10.00 Å². The number of hydrogen-bond donors (Lipinski definition) is 0. The first-order valence-electron chi connectivity index (χ1n) is 5.40. The first-order chi connectivity index (χ1) is 7.69. The zero-order chi connectivity index (χ0) is 12.0. The van der Waals surface area contributed by atoms with Gasteiger partial charge in [-0.2, -0.15) is 5.26 Å². The maximum Gasteiger partial charge on any atom is 0.0994 e. The number of anilines is 1. The van der Waals surface area contributed by atoms with Crippen LogP contribution in [0.3, 0.4) is 0 Å². The summed E-state index contributed by atoms with van der Waals surface area (Å²) in [5, 5.41) is 8.84. The smallest absolute Gasteiger partial charge is 0.0994 e. The summed E-state index contributed by atoms with van der Waals surface area (Å²) in [6, 6.07) is 8.08. The van der Waals surface area contributed by atoms with Gasteiger partial charge in [-0.1, -0.05) is 0 Å². The second-order valence-electron chi connectivity index (χ2n) is 3.88. The van der Waals surface area contributed by atoms with Crippen LogP contribution in [0.15, 0.2) is 18.2 Å². The molecule has 0 bridgehead atoms. The zero-order valence-corrected chi connectivity index (χ0v) is 10.2. The number of nitriles is 1. The maximum absolute atomic E-state index is 8.84. The number of aryl methyl sites for hydroxylation is 1. The van der Waals surface area contributed by atoms with Gasteiger partial charge in [0.25, 0.3) is 0 Å². The minimum Gasteiger partial charge on any atom is -0.385 e. The predicted octanol–water partition coefficient (Wildman–Crippen LogP) is 2.34. The molecule has 0 aromatic heterocycles. The monoisotopic (exact) mass is 218 g/mol. The summed E-state index contributed by atoms with van der Waals surface area (Å²) in [6.45, 7) is 3.70. The van der Waals surface area contributed by atoms with Crippen LogP contribution in [0.4, 0.5) is 5.69 Å². The third-order valence-electron chi connectivity index (χ3n) is 2.61. The van der Waals surface area contributed by atoms with Gasteiger partial charge in [0.05, 0.1) is 11.6 Å². The lowest BCUT2D eigenvalue weighted by Gasteiger charge is -2.19. The Hall–Kier alpha value is -1.53. The van der Waals surface area contributed by atoms with Crippen molar-refractivity contribution < 1.29 is 4.74 Å². The van der Waals surface area contributed by atoms with Crippen molar-refractivity contribution in [2.24, 2.45) is 0 Å². The largest absolute Gasteiger partial charge is 0.385 e. The number of benzene rings is 1. The van der Waals surface area contributed by atoms with Crippen molar-refractivity contribution in [3.63, 3.8) is 0 Å². The molecule has 3 nitrogen and oxygen atoms in total. The van der Waals surface area contributed by atoms with Crippen molar-refractivity contribution in [3.05, 3.63) is 29.3 Å². The highest BCUT2D eigenvalue weighted by molar-refractivity contribution is 5.52. The van der Waals surface area contributed by atoms with Crippen LogP contribution in [0.5, 0.6) is 0 Å². The molecule has 0 radical (unpaired) electrons. The van der Waals surface area contributed by atoms with Crippen molar-refractivity contribution in [2.45, 2.75) is 13.3 Å². The van der Waals surface area contributed by atoms with E-state index in [1.54, 1.807) is 7.11 Å². The Kier molecular flexibility index (Phi) is 4.81. The molecule has 0 fully saturated rings. The summed E-state index contributed by atoms with van der Waals surface area (Å²) in [6.07, 6.45) is 1.01. The zero-order valence-electron chi connectivity index (χ0n) is 10.2. The molecule has 1 aromatic rings. The Labute approximate surface area is 97.3 Å². The molecule has 0 aliphatic rings. The molecule has 0 heterocycles. The standard InChI is InChI=1S/C13H18N2O/c1-11-9-13(6-5-12(11)10-14)15(2)7-4-8-16-3/h5-6,9H,4,7-8H2,1-3H3. The van der Waals surface area contributed by atoms with Gasteiger partial charge in [-0.05, 0) is 37.1 Å². The van der Waals surface area contributed by atoms with Crippen molar-refractivity contribution in [2.75, 3.05) is 32.2 Å². The summed E-state index contributed by atoms with van der Waals surface area (Å²) in [4.78, 5) is 2.17. The van der Waals surface area contributed by atoms with Crippen LogP contribution >= 0.6 is 0 Å². The molecule has 0 saturated heterocycles. The fraction of sp³-hybridized carbons (Fsp3) is 0.462. The van der Waals surface area contributed by atoms with Crippen LogP contribution in [0.25, 0.3) is 0 Å². The molecule has 0 spiro atoms. The molecule has 0 atom stereocenters. The minimum absolute atomic E-state index is 0.744. The van der Waals surface area contributed by atoms with Gasteiger partial charge >= 0.3 is 0 Å². The maximum atomic E-state index is 8.84. The van der Waals surface area contributed by atoms with E-state index in [1.165, 1.54) is 0 Å². The van der Waals surface area contributed by atoms with E-state index in [2.05, 4.69) is 18.0 Å². The van der Waals surface area contributed by atoms with E-state index >= 15 is 0 Å². The fourth-order valence-electron chi connectivity index (χ4n) is 1.59. The molecule has 0 unspecified atom stereocenters. The molecule has 0 amide bonds. The molecule has 1 aromatic carbocycles. The molecule has 86 valence electrons. The fourth-order valence-corrected chi connectivity index (χ4v) is 1.59. The van der Waals surface area contributed by atoms with Crippen LogP contribution in [0.1, 0.15) is 17.5 Å². The average molecular weight is 218 g/mol. The van der Waals surface area contributed by atoms with Crippen molar-refractivity contribution in [3.8, 4) is 6.07 Å². The van der Waals surface area contributed by atoms with Crippen LogP contribution in [0, 0.1) is 18.3 Å². The summed E-state index contributed by atoms with van der Waals surface area (Å²) < 4.78 is 5.02. The third kappa shape index (κ3) is 3.25. The van der Waals surface area contributed by atoms with E-state index in [-0.39, 0.29) is 0 Å². The highest BCUT2D eigenvalue weighted by atomic mass is 16.5. The number of methoxy groups -OCH3 is 1. The number of hydrogen-bond acceptors (Lipinski definition) is 3. The molecular weight excluding hydrogens is 200 g/mol. The Morgan fingerprint density at radius 2 is 2.19 bits per heavy atom. The van der Waals surface area contributed by atoms with Gasteiger partial charge in [0.2, 0.25) is 0 Å². The Morgan fingerprint density at radius 1 is 1.44 bits per heavy atom. The molecule has 0 N–H and O–H groups in total. The normalized spacial score (nSPS) is 9.88. The Bertz CT molecular complexity index is 382. The predicted molar refractivity (Wildman–Crippen MR) is 65.7 cm³/mol. The molecule has 0 aliphatic carbocycles. The number of ether oxygens (including phenoxy) is 1. The number of nitrogens with zero attached hydrogens (tertiary/aromatic N) is 2. The summed E-state index contributed by atoms with van der Waals surface area (Å²) in [7, 11) is 3.77. The SMILES string of the molecule is COCCCN(C)c1ccc(C#N)c(C)c1. The molecule has 3 heteroatoms. The highest BCUT2D eigenvalue weighted by Gasteiger charge is 2.03. The first kappa shape index (κ1) is 12.5.